The smallest absolute Gasteiger partial charge is 0.289 e. The van der Waals surface area contributed by atoms with Crippen molar-refractivity contribution in [3.8, 4) is 0 Å². The highest BCUT2D eigenvalue weighted by Crippen LogP contribution is 2.22. The Morgan fingerprint density at radius 3 is 2.52 bits per heavy atom. The van der Waals surface area contributed by atoms with Crippen LogP contribution in [0.25, 0.3) is 0 Å². The first-order valence-corrected chi connectivity index (χ1v) is 8.90. The molecule has 0 aliphatic carbocycles. The van der Waals surface area contributed by atoms with E-state index in [0.29, 0.717) is 37.0 Å². The van der Waals surface area contributed by atoms with Crippen LogP contribution in [0.3, 0.4) is 0 Å². The highest BCUT2D eigenvalue weighted by Gasteiger charge is 2.29. The SMILES string of the molecule is CC(Sc1cccc[n+]1[O-])C(=O)N1CCN(C(=O)c2ccco2)CC1. The number of rotatable bonds is 4. The standard InChI is InChI=1S/C17H19N3O4S/c1-13(25-15-6-2-3-7-20(15)23)16(21)18-8-10-19(11-9-18)17(22)14-5-4-12-24-14/h2-7,12-13H,8-11H2,1H3. The number of carbonyl (C=O) groups excluding carboxylic acids is 2. The lowest BCUT2D eigenvalue weighted by Crippen LogP contribution is -2.52. The fraction of sp³-hybridized carbons (Fsp3) is 0.353. The first-order chi connectivity index (χ1) is 12.1. The van der Waals surface area contributed by atoms with E-state index in [4.69, 9.17) is 4.42 Å². The maximum absolute atomic E-state index is 12.6. The minimum absolute atomic E-state index is 0.0287. The van der Waals surface area contributed by atoms with Crippen molar-refractivity contribution < 1.29 is 18.7 Å². The molecule has 1 fully saturated rings. The number of carbonyl (C=O) groups is 2. The van der Waals surface area contributed by atoms with E-state index in [1.54, 1.807) is 47.1 Å². The third-order valence-electron chi connectivity index (χ3n) is 4.04. The monoisotopic (exact) mass is 361 g/mol. The van der Waals surface area contributed by atoms with Gasteiger partial charge in [-0.25, -0.2) is 0 Å². The number of aromatic nitrogens is 1. The van der Waals surface area contributed by atoms with Crippen molar-refractivity contribution in [1.82, 2.24) is 9.80 Å². The summed E-state index contributed by atoms with van der Waals surface area (Å²) in [6.45, 7) is 3.68. The fourth-order valence-electron chi connectivity index (χ4n) is 2.68. The van der Waals surface area contributed by atoms with E-state index in [1.165, 1.54) is 24.2 Å². The van der Waals surface area contributed by atoms with Gasteiger partial charge in [0, 0.05) is 38.3 Å². The van der Waals surface area contributed by atoms with E-state index in [0.717, 1.165) is 4.73 Å². The van der Waals surface area contributed by atoms with E-state index in [2.05, 4.69) is 0 Å². The molecule has 3 rings (SSSR count). The molecule has 0 saturated carbocycles. The summed E-state index contributed by atoms with van der Waals surface area (Å²) < 4.78 is 5.89. The van der Waals surface area contributed by atoms with Gasteiger partial charge in [0.2, 0.25) is 5.91 Å². The molecular formula is C17H19N3O4S. The summed E-state index contributed by atoms with van der Waals surface area (Å²) in [6, 6.07) is 8.43. The lowest BCUT2D eigenvalue weighted by molar-refractivity contribution is -0.645. The van der Waals surface area contributed by atoms with Gasteiger partial charge < -0.3 is 19.4 Å². The average molecular weight is 361 g/mol. The Morgan fingerprint density at radius 2 is 1.88 bits per heavy atom. The summed E-state index contributed by atoms with van der Waals surface area (Å²) in [5.41, 5.74) is 0. The quantitative estimate of drug-likeness (QED) is 0.467. The molecule has 2 aromatic heterocycles. The van der Waals surface area contributed by atoms with Gasteiger partial charge in [0.1, 0.15) is 0 Å². The Balaban J connectivity index is 1.54. The van der Waals surface area contributed by atoms with Crippen LogP contribution in [0.2, 0.25) is 0 Å². The summed E-state index contributed by atoms with van der Waals surface area (Å²) in [5.74, 6) is 0.128. The molecule has 25 heavy (non-hydrogen) atoms. The molecule has 0 radical (unpaired) electrons. The molecule has 3 heterocycles. The van der Waals surface area contributed by atoms with Gasteiger partial charge in [0.05, 0.1) is 11.5 Å². The van der Waals surface area contributed by atoms with E-state index < -0.39 is 0 Å². The molecule has 0 N–H and O–H groups in total. The summed E-state index contributed by atoms with van der Waals surface area (Å²) in [4.78, 5) is 28.2. The zero-order valence-corrected chi connectivity index (χ0v) is 14.6. The van der Waals surface area contributed by atoms with Crippen LogP contribution in [0.5, 0.6) is 0 Å². The Hall–Kier alpha value is -2.48. The molecule has 7 nitrogen and oxygen atoms in total. The number of pyridine rings is 1. The largest absolute Gasteiger partial charge is 0.618 e. The normalized spacial score (nSPS) is 15.9. The predicted octanol–water partition coefficient (Wildman–Crippen LogP) is 1.38. The highest BCUT2D eigenvalue weighted by molar-refractivity contribution is 8.00. The summed E-state index contributed by atoms with van der Waals surface area (Å²) in [7, 11) is 0. The second kappa shape index (κ2) is 7.60. The molecule has 1 aliphatic rings. The van der Waals surface area contributed by atoms with Gasteiger partial charge >= 0.3 is 0 Å². The van der Waals surface area contributed by atoms with Crippen molar-refractivity contribution in [3.63, 3.8) is 0 Å². The molecule has 2 amide bonds. The Morgan fingerprint density at radius 1 is 1.16 bits per heavy atom. The average Bonchev–Trinajstić information content (AvgIpc) is 3.17. The second-order valence-corrected chi connectivity index (χ2v) is 7.08. The van der Waals surface area contributed by atoms with Crippen LogP contribution in [0, 0.1) is 5.21 Å². The number of amides is 2. The third-order valence-corrected chi connectivity index (χ3v) is 5.16. The van der Waals surface area contributed by atoms with Gasteiger partial charge in [-0.3, -0.25) is 9.59 Å². The van der Waals surface area contributed by atoms with Crippen molar-refractivity contribution in [3.05, 3.63) is 53.8 Å². The minimum Gasteiger partial charge on any atom is -0.618 e. The molecule has 1 saturated heterocycles. The van der Waals surface area contributed by atoms with Gasteiger partial charge in [-0.15, -0.1) is 0 Å². The van der Waals surface area contributed by atoms with Gasteiger partial charge in [0.25, 0.3) is 10.9 Å². The van der Waals surface area contributed by atoms with Gasteiger partial charge in [0.15, 0.2) is 12.0 Å². The van der Waals surface area contributed by atoms with Crippen molar-refractivity contribution >= 4 is 23.6 Å². The number of hydrogen-bond acceptors (Lipinski definition) is 5. The minimum atomic E-state index is -0.366. The Labute approximate surface area is 149 Å². The lowest BCUT2D eigenvalue weighted by Gasteiger charge is -2.35. The first-order valence-electron chi connectivity index (χ1n) is 8.02. The molecule has 1 aliphatic heterocycles. The van der Waals surface area contributed by atoms with Crippen molar-refractivity contribution in [2.75, 3.05) is 26.2 Å². The topological polar surface area (TPSA) is 80.7 Å². The van der Waals surface area contributed by atoms with Crippen LogP contribution in [0.4, 0.5) is 0 Å². The molecule has 1 unspecified atom stereocenters. The van der Waals surface area contributed by atoms with E-state index in [9.17, 15) is 14.8 Å². The zero-order chi connectivity index (χ0) is 17.8. The van der Waals surface area contributed by atoms with Gasteiger partial charge in [-0.1, -0.05) is 0 Å². The highest BCUT2D eigenvalue weighted by atomic mass is 32.2. The van der Waals surface area contributed by atoms with Gasteiger partial charge in [-0.2, -0.15) is 4.73 Å². The predicted molar refractivity (Wildman–Crippen MR) is 91.9 cm³/mol. The molecule has 1 atom stereocenters. The first kappa shape index (κ1) is 17.3. The van der Waals surface area contributed by atoms with Crippen LogP contribution < -0.4 is 4.73 Å². The number of thioether (sulfide) groups is 1. The fourth-order valence-corrected chi connectivity index (χ4v) is 3.61. The van der Waals surface area contributed by atoms with Crippen LogP contribution in [-0.4, -0.2) is 53.0 Å². The van der Waals surface area contributed by atoms with Gasteiger partial charge in [-0.05, 0) is 36.9 Å². The van der Waals surface area contributed by atoms with Crippen LogP contribution >= 0.6 is 11.8 Å². The molecule has 132 valence electrons. The van der Waals surface area contributed by atoms with E-state index in [1.807, 2.05) is 0 Å². The van der Waals surface area contributed by atoms with Crippen molar-refractivity contribution in [2.24, 2.45) is 0 Å². The Bertz CT molecular complexity index is 742. The third kappa shape index (κ3) is 3.96. The van der Waals surface area contributed by atoms with Crippen LogP contribution in [-0.2, 0) is 4.79 Å². The Kier molecular flexibility index (Phi) is 5.28. The molecule has 0 bridgehead atoms. The maximum Gasteiger partial charge on any atom is 0.289 e. The van der Waals surface area contributed by atoms with Crippen molar-refractivity contribution in [2.45, 2.75) is 17.2 Å². The molecule has 0 spiro atoms. The summed E-state index contributed by atoms with van der Waals surface area (Å²) in [5, 5.41) is 11.8. The van der Waals surface area contributed by atoms with Crippen molar-refractivity contribution in [1.29, 1.82) is 0 Å². The van der Waals surface area contributed by atoms with E-state index in [-0.39, 0.29) is 17.1 Å². The van der Waals surface area contributed by atoms with Crippen LogP contribution in [0.1, 0.15) is 17.5 Å². The van der Waals surface area contributed by atoms with E-state index >= 15 is 0 Å². The summed E-state index contributed by atoms with van der Waals surface area (Å²) >= 11 is 1.24. The molecule has 0 aromatic carbocycles. The second-order valence-electron chi connectivity index (χ2n) is 5.72. The molecule has 2 aromatic rings. The lowest BCUT2D eigenvalue weighted by atomic mass is 10.2. The van der Waals surface area contributed by atoms with Crippen LogP contribution in [0.15, 0.2) is 52.2 Å². The number of furan rings is 1. The summed E-state index contributed by atoms with van der Waals surface area (Å²) in [6.07, 6.45) is 2.89. The maximum atomic E-state index is 12.6. The number of hydrogen-bond donors (Lipinski definition) is 0. The molecule has 8 heteroatoms. The zero-order valence-electron chi connectivity index (χ0n) is 13.8. The molecular weight excluding hydrogens is 342 g/mol. The number of nitrogens with zero attached hydrogens (tertiary/aromatic N) is 3. The number of piperazine rings is 1.